The minimum absolute atomic E-state index is 0.139. The van der Waals surface area contributed by atoms with Crippen molar-refractivity contribution in [2.24, 2.45) is 0 Å². The van der Waals surface area contributed by atoms with Crippen LogP contribution in [0.1, 0.15) is 41.6 Å². The molecule has 0 saturated carbocycles. The van der Waals surface area contributed by atoms with E-state index in [1.807, 2.05) is 72.8 Å². The van der Waals surface area contributed by atoms with Gasteiger partial charge < -0.3 is 10.2 Å². The number of carbonyl (C=O) groups is 2. The van der Waals surface area contributed by atoms with Gasteiger partial charge in [-0.15, -0.1) is 0 Å². The molecule has 4 aromatic rings. The Hall–Kier alpha value is -3.98. The van der Waals surface area contributed by atoms with Crippen LogP contribution in [0, 0.1) is 0 Å². The summed E-state index contributed by atoms with van der Waals surface area (Å²) in [5, 5.41) is 3.62. The Kier molecular flexibility index (Phi) is 10.9. The number of aryl methyl sites for hydroxylation is 1. The van der Waals surface area contributed by atoms with Crippen LogP contribution in [0.5, 0.6) is 0 Å². The van der Waals surface area contributed by atoms with E-state index in [1.54, 1.807) is 36.1 Å². The van der Waals surface area contributed by atoms with Gasteiger partial charge in [0.25, 0.3) is 0 Å². The third kappa shape index (κ3) is 8.52. The van der Waals surface area contributed by atoms with Crippen molar-refractivity contribution >= 4 is 33.4 Å². The topological polar surface area (TPSA) is 95.6 Å². The zero-order valence-electron chi connectivity index (χ0n) is 23.4. The van der Waals surface area contributed by atoms with Crippen LogP contribution in [-0.4, -0.2) is 31.7 Å². The second kappa shape index (κ2) is 14.8. The smallest absolute Gasteiger partial charge is 0.247 e. The molecule has 0 spiro atoms. The van der Waals surface area contributed by atoms with Crippen molar-refractivity contribution in [3.05, 3.63) is 136 Å². The maximum atomic E-state index is 13.9. The monoisotopic (exact) mass is 603 g/mol. The SMILES string of the molecule is CCNS(=O)(=O)c1ccc(CCC(=O)N(Cc2ccccc2)[C@@H](C(=O)NCc2ccc(Cl)cc2)c2ccccc2)cc1. The van der Waals surface area contributed by atoms with Crippen molar-refractivity contribution in [1.29, 1.82) is 0 Å². The van der Waals surface area contributed by atoms with Crippen LogP contribution in [0.25, 0.3) is 0 Å². The molecule has 2 N–H and O–H groups in total. The quantitative estimate of drug-likeness (QED) is 0.206. The fourth-order valence-electron chi connectivity index (χ4n) is 4.60. The fraction of sp³-hybridized carbons (Fsp3) is 0.212. The van der Waals surface area contributed by atoms with E-state index < -0.39 is 16.1 Å². The van der Waals surface area contributed by atoms with Crippen molar-refractivity contribution in [2.45, 2.75) is 43.8 Å². The van der Waals surface area contributed by atoms with Gasteiger partial charge in [-0.2, -0.15) is 0 Å². The molecule has 1 atom stereocenters. The summed E-state index contributed by atoms with van der Waals surface area (Å²) in [5.41, 5.74) is 3.31. The summed E-state index contributed by atoms with van der Waals surface area (Å²) in [7, 11) is -3.56. The lowest BCUT2D eigenvalue weighted by atomic mass is 10.0. The summed E-state index contributed by atoms with van der Waals surface area (Å²) < 4.78 is 27.1. The van der Waals surface area contributed by atoms with E-state index in [2.05, 4.69) is 10.0 Å². The summed E-state index contributed by atoms with van der Waals surface area (Å²) in [6.07, 6.45) is 0.527. The molecule has 4 aromatic carbocycles. The van der Waals surface area contributed by atoms with Gasteiger partial charge >= 0.3 is 0 Å². The molecule has 0 unspecified atom stereocenters. The largest absolute Gasteiger partial charge is 0.350 e. The average molecular weight is 604 g/mol. The van der Waals surface area contributed by atoms with E-state index in [0.717, 1.165) is 16.7 Å². The molecule has 7 nitrogen and oxygen atoms in total. The molecule has 218 valence electrons. The first-order valence-corrected chi connectivity index (χ1v) is 15.6. The number of hydrogen-bond donors (Lipinski definition) is 2. The number of carbonyl (C=O) groups excluding carboxylic acids is 2. The maximum absolute atomic E-state index is 13.9. The van der Waals surface area contributed by atoms with Gasteiger partial charge in [0.1, 0.15) is 6.04 Å². The maximum Gasteiger partial charge on any atom is 0.247 e. The number of nitrogens with one attached hydrogen (secondary N) is 2. The van der Waals surface area contributed by atoms with E-state index in [1.165, 1.54) is 12.1 Å². The molecule has 0 aliphatic carbocycles. The number of benzene rings is 4. The summed E-state index contributed by atoms with van der Waals surface area (Å²) in [6, 6.07) is 31.7. The molecule has 0 fully saturated rings. The molecule has 9 heteroatoms. The number of rotatable bonds is 13. The van der Waals surface area contributed by atoms with Crippen molar-refractivity contribution in [1.82, 2.24) is 14.9 Å². The molecule has 0 saturated heterocycles. The van der Waals surface area contributed by atoms with E-state index >= 15 is 0 Å². The van der Waals surface area contributed by atoms with Crippen LogP contribution in [0.3, 0.4) is 0 Å². The van der Waals surface area contributed by atoms with E-state index in [9.17, 15) is 18.0 Å². The zero-order valence-corrected chi connectivity index (χ0v) is 24.9. The van der Waals surface area contributed by atoms with Crippen LogP contribution in [0.15, 0.2) is 114 Å². The standard InChI is InChI=1S/C33H34ClN3O4S/c1-2-36-42(40,41)30-20-15-25(16-21-30)17-22-31(38)37(24-27-9-5-3-6-10-27)32(28-11-7-4-8-12-28)33(39)35-23-26-13-18-29(34)19-14-26/h3-16,18-21,32,36H,2,17,22-24H2,1H3,(H,35,39)/t32-/m1/s1. The van der Waals surface area contributed by atoms with Gasteiger partial charge in [0.2, 0.25) is 21.8 Å². The van der Waals surface area contributed by atoms with Crippen LogP contribution < -0.4 is 10.0 Å². The summed E-state index contributed by atoms with van der Waals surface area (Å²) in [4.78, 5) is 29.5. The molecule has 4 rings (SSSR count). The summed E-state index contributed by atoms with van der Waals surface area (Å²) >= 11 is 6.01. The van der Waals surface area contributed by atoms with Gasteiger partial charge in [0, 0.05) is 31.1 Å². The van der Waals surface area contributed by atoms with Gasteiger partial charge in [-0.05, 0) is 52.9 Å². The highest BCUT2D eigenvalue weighted by molar-refractivity contribution is 7.89. The third-order valence-electron chi connectivity index (χ3n) is 6.77. The number of halogens is 1. The second-order valence-electron chi connectivity index (χ2n) is 9.81. The fourth-order valence-corrected chi connectivity index (χ4v) is 5.77. The average Bonchev–Trinajstić information content (AvgIpc) is 3.00. The number of nitrogens with zero attached hydrogens (tertiary/aromatic N) is 1. The Morgan fingerprint density at radius 3 is 2.00 bits per heavy atom. The normalized spacial score (nSPS) is 12.0. The van der Waals surface area contributed by atoms with Gasteiger partial charge in [-0.3, -0.25) is 9.59 Å². The first-order chi connectivity index (χ1) is 20.3. The van der Waals surface area contributed by atoms with Gasteiger partial charge in [-0.25, -0.2) is 13.1 Å². The van der Waals surface area contributed by atoms with Crippen molar-refractivity contribution < 1.29 is 18.0 Å². The Morgan fingerprint density at radius 1 is 0.786 bits per heavy atom. The molecule has 0 bridgehead atoms. The minimum atomic E-state index is -3.56. The number of hydrogen-bond acceptors (Lipinski definition) is 4. The van der Waals surface area contributed by atoms with Gasteiger partial charge in [0.15, 0.2) is 0 Å². The first kappa shape index (κ1) is 31.0. The van der Waals surface area contributed by atoms with Crippen molar-refractivity contribution in [3.63, 3.8) is 0 Å². The predicted octanol–water partition coefficient (Wildman–Crippen LogP) is 5.66. The lowest BCUT2D eigenvalue weighted by molar-refractivity contribution is -0.141. The van der Waals surface area contributed by atoms with Crippen LogP contribution in [-0.2, 0) is 39.1 Å². The Bertz CT molecular complexity index is 1560. The lowest BCUT2D eigenvalue weighted by Crippen LogP contribution is -2.43. The minimum Gasteiger partial charge on any atom is -0.350 e. The van der Waals surface area contributed by atoms with Crippen LogP contribution in [0.2, 0.25) is 5.02 Å². The Labute approximate surface area is 252 Å². The zero-order chi connectivity index (χ0) is 30.0. The van der Waals surface area contributed by atoms with E-state index in [4.69, 9.17) is 11.6 Å². The highest BCUT2D eigenvalue weighted by Gasteiger charge is 2.31. The number of amides is 2. The first-order valence-electron chi connectivity index (χ1n) is 13.8. The molecule has 0 aliphatic rings. The number of sulfonamides is 1. The molecule has 0 heterocycles. The van der Waals surface area contributed by atoms with Crippen LogP contribution >= 0.6 is 11.6 Å². The van der Waals surface area contributed by atoms with Gasteiger partial charge in [-0.1, -0.05) is 103 Å². The Morgan fingerprint density at radius 2 is 1.38 bits per heavy atom. The lowest BCUT2D eigenvalue weighted by Gasteiger charge is -2.32. The molecule has 0 aromatic heterocycles. The second-order valence-corrected chi connectivity index (χ2v) is 12.0. The van der Waals surface area contributed by atoms with Crippen molar-refractivity contribution in [2.75, 3.05) is 6.54 Å². The third-order valence-corrected chi connectivity index (χ3v) is 8.58. The molecule has 0 radical (unpaired) electrons. The van der Waals surface area contributed by atoms with Gasteiger partial charge in [0.05, 0.1) is 4.90 Å². The molecule has 2 amide bonds. The summed E-state index contributed by atoms with van der Waals surface area (Å²) in [6.45, 7) is 2.55. The highest BCUT2D eigenvalue weighted by Crippen LogP contribution is 2.25. The van der Waals surface area contributed by atoms with E-state index in [-0.39, 0.29) is 36.2 Å². The predicted molar refractivity (Wildman–Crippen MR) is 165 cm³/mol. The molecule has 0 aliphatic heterocycles. The summed E-state index contributed by atoms with van der Waals surface area (Å²) in [5.74, 6) is -0.489. The van der Waals surface area contributed by atoms with Crippen LogP contribution in [0.4, 0.5) is 0 Å². The Balaban J connectivity index is 1.58. The van der Waals surface area contributed by atoms with E-state index in [0.29, 0.717) is 23.6 Å². The molecular formula is C33H34ClN3O4S. The molecule has 42 heavy (non-hydrogen) atoms. The molecular weight excluding hydrogens is 570 g/mol. The van der Waals surface area contributed by atoms with Crippen molar-refractivity contribution in [3.8, 4) is 0 Å². The highest BCUT2D eigenvalue weighted by atomic mass is 35.5.